The normalized spacial score (nSPS) is 27.4. The van der Waals surface area contributed by atoms with Crippen LogP contribution in [0.2, 0.25) is 5.02 Å². The van der Waals surface area contributed by atoms with Crippen molar-refractivity contribution in [3.05, 3.63) is 64.9 Å². The number of nitrogens with one attached hydrogen (secondary N) is 2. The Morgan fingerprint density at radius 2 is 1.79 bits per heavy atom. The second-order valence-electron chi connectivity index (χ2n) is 8.54. The third-order valence-corrected chi connectivity index (χ3v) is 8.81. The summed E-state index contributed by atoms with van der Waals surface area (Å²) in [6.45, 7) is 0.250. The highest BCUT2D eigenvalue weighted by atomic mass is 35.5. The zero-order chi connectivity index (χ0) is 23.8. The molecule has 2 aliphatic rings. The molecule has 33 heavy (non-hydrogen) atoms. The maximum atomic E-state index is 13.1. The van der Waals surface area contributed by atoms with Crippen molar-refractivity contribution in [2.24, 2.45) is 11.8 Å². The molecule has 0 bridgehead atoms. The number of carbonyl (C=O) groups excluding carboxylic acids is 2. The number of fused-ring (bicyclic) bond motifs is 1. The molecule has 10 heteroatoms. The fourth-order valence-electron chi connectivity index (χ4n) is 4.68. The number of hydrogen-bond acceptors (Lipinski definition) is 5. The SMILES string of the molecule is O=C(NCc1ccc(F)cc1)C1CCC2C(C1)NC(=O)C(S(=O)(=O)c1ccc(Cl)cc1)C2O. The highest BCUT2D eigenvalue weighted by Gasteiger charge is 2.52. The predicted molar refractivity (Wildman–Crippen MR) is 119 cm³/mol. The Hall–Kier alpha value is -2.49. The lowest BCUT2D eigenvalue weighted by molar-refractivity contribution is -0.134. The van der Waals surface area contributed by atoms with Crippen molar-refractivity contribution >= 4 is 33.3 Å². The summed E-state index contributed by atoms with van der Waals surface area (Å²) in [5.74, 6) is -2.19. The van der Waals surface area contributed by atoms with Gasteiger partial charge in [-0.15, -0.1) is 0 Å². The van der Waals surface area contributed by atoms with Crippen LogP contribution in [0.3, 0.4) is 0 Å². The lowest BCUT2D eigenvalue weighted by Crippen LogP contribution is -2.63. The number of halogens is 2. The summed E-state index contributed by atoms with van der Waals surface area (Å²) in [5, 5.41) is 15.2. The fourth-order valence-corrected chi connectivity index (χ4v) is 6.54. The first-order valence-electron chi connectivity index (χ1n) is 10.7. The molecule has 3 N–H and O–H groups in total. The minimum absolute atomic E-state index is 0.0848. The third-order valence-electron chi connectivity index (χ3n) is 6.47. The van der Waals surface area contributed by atoms with Gasteiger partial charge in [0.2, 0.25) is 11.8 Å². The summed E-state index contributed by atoms with van der Waals surface area (Å²) in [5.41, 5.74) is 0.759. The number of sulfone groups is 1. The van der Waals surface area contributed by atoms with Gasteiger partial charge in [-0.3, -0.25) is 9.59 Å². The smallest absolute Gasteiger partial charge is 0.241 e. The first kappa shape index (κ1) is 23.7. The number of piperidine rings is 1. The Morgan fingerprint density at radius 3 is 2.45 bits per heavy atom. The van der Waals surface area contributed by atoms with Crippen LogP contribution in [-0.2, 0) is 26.0 Å². The molecule has 1 saturated heterocycles. The molecule has 1 saturated carbocycles. The Balaban J connectivity index is 1.42. The first-order valence-corrected chi connectivity index (χ1v) is 12.6. The molecule has 2 aromatic rings. The monoisotopic (exact) mass is 494 g/mol. The minimum Gasteiger partial charge on any atom is -0.391 e. The van der Waals surface area contributed by atoms with Gasteiger partial charge in [-0.1, -0.05) is 23.7 Å². The van der Waals surface area contributed by atoms with Crippen LogP contribution in [0, 0.1) is 17.7 Å². The molecule has 0 aromatic heterocycles. The summed E-state index contributed by atoms with van der Waals surface area (Å²) in [6, 6.07) is 10.8. The van der Waals surface area contributed by atoms with Gasteiger partial charge in [-0.2, -0.15) is 0 Å². The Morgan fingerprint density at radius 1 is 1.12 bits per heavy atom. The van der Waals surface area contributed by atoms with E-state index in [0.717, 1.165) is 5.56 Å². The van der Waals surface area contributed by atoms with Gasteiger partial charge < -0.3 is 15.7 Å². The predicted octanol–water partition coefficient (Wildman–Crippen LogP) is 2.21. The van der Waals surface area contributed by atoms with E-state index in [1.807, 2.05) is 0 Å². The molecule has 176 valence electrons. The minimum atomic E-state index is -4.13. The molecule has 1 aliphatic heterocycles. The lowest BCUT2D eigenvalue weighted by atomic mass is 9.73. The summed E-state index contributed by atoms with van der Waals surface area (Å²) in [6.07, 6.45) is -0.228. The van der Waals surface area contributed by atoms with Crippen LogP contribution >= 0.6 is 11.6 Å². The number of amides is 2. The number of rotatable bonds is 5. The molecule has 2 fully saturated rings. The number of carbonyl (C=O) groups is 2. The van der Waals surface area contributed by atoms with Gasteiger partial charge in [0, 0.05) is 29.4 Å². The Bertz CT molecular complexity index is 1140. The molecule has 2 aromatic carbocycles. The van der Waals surface area contributed by atoms with E-state index < -0.39 is 39.1 Å². The molecule has 0 spiro atoms. The van der Waals surface area contributed by atoms with E-state index in [2.05, 4.69) is 10.6 Å². The van der Waals surface area contributed by atoms with E-state index in [0.29, 0.717) is 24.3 Å². The summed E-state index contributed by atoms with van der Waals surface area (Å²) in [4.78, 5) is 25.3. The number of aliphatic hydroxyl groups is 1. The molecule has 1 aliphatic carbocycles. The van der Waals surface area contributed by atoms with Crippen molar-refractivity contribution in [3.8, 4) is 0 Å². The van der Waals surface area contributed by atoms with Gasteiger partial charge >= 0.3 is 0 Å². The van der Waals surface area contributed by atoms with E-state index in [-0.39, 0.29) is 29.1 Å². The van der Waals surface area contributed by atoms with Crippen molar-refractivity contribution in [3.63, 3.8) is 0 Å². The second kappa shape index (κ2) is 9.40. The molecule has 7 nitrogen and oxygen atoms in total. The summed E-state index contributed by atoms with van der Waals surface area (Å²) >= 11 is 5.83. The molecular weight excluding hydrogens is 471 g/mol. The zero-order valence-corrected chi connectivity index (χ0v) is 19.2. The van der Waals surface area contributed by atoms with Crippen molar-refractivity contribution < 1.29 is 27.5 Å². The fraction of sp³-hybridized carbons (Fsp3) is 0.391. The topological polar surface area (TPSA) is 113 Å². The van der Waals surface area contributed by atoms with Gasteiger partial charge in [0.25, 0.3) is 0 Å². The molecule has 1 heterocycles. The van der Waals surface area contributed by atoms with Crippen molar-refractivity contribution in [2.75, 3.05) is 0 Å². The van der Waals surface area contributed by atoms with E-state index in [4.69, 9.17) is 11.6 Å². The van der Waals surface area contributed by atoms with E-state index in [1.54, 1.807) is 12.1 Å². The van der Waals surface area contributed by atoms with Gasteiger partial charge in [0.15, 0.2) is 15.1 Å². The van der Waals surface area contributed by atoms with Crippen molar-refractivity contribution in [1.82, 2.24) is 10.6 Å². The summed E-state index contributed by atoms with van der Waals surface area (Å²) in [7, 11) is -4.13. The van der Waals surface area contributed by atoms with Gasteiger partial charge in [-0.05, 0) is 61.2 Å². The van der Waals surface area contributed by atoms with Crippen LogP contribution in [0.4, 0.5) is 4.39 Å². The van der Waals surface area contributed by atoms with Gasteiger partial charge in [0.05, 0.1) is 11.0 Å². The number of aliphatic hydroxyl groups excluding tert-OH is 1. The molecule has 5 atom stereocenters. The first-order chi connectivity index (χ1) is 15.7. The second-order valence-corrected chi connectivity index (χ2v) is 11.0. The largest absolute Gasteiger partial charge is 0.391 e. The van der Waals surface area contributed by atoms with Crippen LogP contribution in [0.5, 0.6) is 0 Å². The van der Waals surface area contributed by atoms with Crippen molar-refractivity contribution in [1.29, 1.82) is 0 Å². The Kier molecular flexibility index (Phi) is 6.74. The lowest BCUT2D eigenvalue weighted by Gasteiger charge is -2.44. The zero-order valence-electron chi connectivity index (χ0n) is 17.6. The third kappa shape index (κ3) is 4.90. The molecule has 0 radical (unpaired) electrons. The number of hydrogen-bond donors (Lipinski definition) is 3. The van der Waals surface area contributed by atoms with E-state index in [9.17, 15) is 27.5 Å². The highest BCUT2D eigenvalue weighted by molar-refractivity contribution is 7.92. The van der Waals surface area contributed by atoms with Crippen molar-refractivity contribution in [2.45, 2.75) is 48.1 Å². The van der Waals surface area contributed by atoms with Crippen LogP contribution in [-0.4, -0.2) is 42.7 Å². The maximum Gasteiger partial charge on any atom is 0.241 e. The van der Waals surface area contributed by atoms with Crippen LogP contribution in [0.25, 0.3) is 0 Å². The van der Waals surface area contributed by atoms with Crippen LogP contribution < -0.4 is 10.6 Å². The standard InChI is InChI=1S/C23H24ClFN2O5S/c24-15-4-8-17(9-5-15)33(31,32)21-20(28)18-10-3-14(11-19(18)27-23(21)30)22(29)26-12-13-1-6-16(25)7-2-13/h1-2,4-9,14,18-21,28H,3,10-12H2,(H,26,29)(H,27,30). The summed E-state index contributed by atoms with van der Waals surface area (Å²) < 4.78 is 39.1. The number of benzene rings is 2. The quantitative estimate of drug-likeness (QED) is 0.590. The molecule has 2 amide bonds. The average molecular weight is 495 g/mol. The molecule has 4 rings (SSSR count). The van der Waals surface area contributed by atoms with Gasteiger partial charge in [-0.25, -0.2) is 12.8 Å². The molecular formula is C23H24ClFN2O5S. The van der Waals surface area contributed by atoms with E-state index in [1.165, 1.54) is 36.4 Å². The van der Waals surface area contributed by atoms with Crippen LogP contribution in [0.1, 0.15) is 24.8 Å². The Labute approximate surface area is 196 Å². The van der Waals surface area contributed by atoms with Crippen LogP contribution in [0.15, 0.2) is 53.4 Å². The van der Waals surface area contributed by atoms with E-state index >= 15 is 0 Å². The van der Waals surface area contributed by atoms with Gasteiger partial charge in [0.1, 0.15) is 5.82 Å². The maximum absolute atomic E-state index is 13.1. The highest BCUT2D eigenvalue weighted by Crippen LogP contribution is 2.37. The molecule has 5 unspecified atom stereocenters. The average Bonchev–Trinajstić information content (AvgIpc) is 2.78.